The fourth-order valence-corrected chi connectivity index (χ4v) is 12.3. The van der Waals surface area contributed by atoms with Gasteiger partial charge >= 0.3 is 7.69 Å². The first-order valence-corrected chi connectivity index (χ1v) is 30.7. The van der Waals surface area contributed by atoms with Crippen LogP contribution < -0.4 is 4.65 Å². The average molecular weight is 1250 g/mol. The molecule has 92 heavy (non-hydrogen) atoms. The van der Waals surface area contributed by atoms with Crippen LogP contribution in [0.25, 0.3) is 145 Å². The van der Waals surface area contributed by atoms with Crippen LogP contribution in [0.15, 0.2) is 320 Å². The predicted octanol–water partition coefficient (Wildman–Crippen LogP) is 19.5. The molecule has 16 aromatic rings. The number of hydrogen-bond donors (Lipinski definition) is 1. The highest BCUT2D eigenvalue weighted by atomic mass is 79.9. The first-order valence-electron chi connectivity index (χ1n) is 29.9. The Morgan fingerprint density at radius 2 is 0.533 bits per heavy atom. The fraction of sp³-hybridized carbons (Fsp3) is 0. The Labute approximate surface area is 540 Å². The van der Waals surface area contributed by atoms with E-state index in [0.717, 1.165) is 54.5 Å². The summed E-state index contributed by atoms with van der Waals surface area (Å²) in [4.78, 5) is 37.8. The molecule has 0 saturated heterocycles. The van der Waals surface area contributed by atoms with Crippen LogP contribution in [-0.2, 0) is 0 Å². The van der Waals surface area contributed by atoms with E-state index >= 15 is 0 Å². The summed E-state index contributed by atoms with van der Waals surface area (Å²) in [7, 11) is 0.622. The number of fused-ring (bicyclic) bond motifs is 4. The number of pyridine rings is 2. The van der Waals surface area contributed by atoms with E-state index in [1.165, 1.54) is 66.0 Å². The van der Waals surface area contributed by atoms with Crippen LogP contribution >= 0.6 is 15.9 Å². The maximum absolute atomic E-state index is 8.14. The van der Waals surface area contributed by atoms with E-state index < -0.39 is 0 Å². The molecule has 16 rings (SSSR count). The number of benzene rings is 12. The molecule has 0 aliphatic rings. The number of halogens is 1. The van der Waals surface area contributed by atoms with Gasteiger partial charge in [0.2, 0.25) is 0 Å². The summed E-state index contributed by atoms with van der Waals surface area (Å²) < 4.78 is 5.69. The zero-order valence-corrected chi connectivity index (χ0v) is 51.0. The molecule has 0 saturated carbocycles. The van der Waals surface area contributed by atoms with Crippen molar-refractivity contribution in [1.29, 1.82) is 0 Å². The van der Waals surface area contributed by atoms with Crippen molar-refractivity contribution >= 4 is 66.7 Å². The molecular formula is C80H53BBrN8O2. The molecule has 435 valence electrons. The molecule has 4 heterocycles. The van der Waals surface area contributed by atoms with Crippen LogP contribution in [0.3, 0.4) is 0 Å². The minimum Gasteiger partial charge on any atom is -0.536 e. The first-order chi connectivity index (χ1) is 45.5. The zero-order chi connectivity index (χ0) is 62.0. The lowest BCUT2D eigenvalue weighted by Gasteiger charge is -2.18. The molecular weight excluding hydrogens is 1200 g/mol. The van der Waals surface area contributed by atoms with E-state index in [-0.39, 0.29) is 0 Å². The summed E-state index contributed by atoms with van der Waals surface area (Å²) in [6.07, 6.45) is 6.90. The molecule has 0 unspecified atom stereocenters. The van der Waals surface area contributed by atoms with Crippen LogP contribution in [0, 0.1) is 0 Å². The molecule has 1 radical (unpaired) electrons. The Balaban J connectivity index is 0.000000141. The van der Waals surface area contributed by atoms with E-state index in [1.807, 2.05) is 140 Å². The van der Waals surface area contributed by atoms with Crippen LogP contribution in [0.1, 0.15) is 0 Å². The molecule has 10 nitrogen and oxygen atoms in total. The van der Waals surface area contributed by atoms with Crippen molar-refractivity contribution in [2.24, 2.45) is 0 Å². The first kappa shape index (κ1) is 58.0. The van der Waals surface area contributed by atoms with Gasteiger partial charge in [-0.25, -0.2) is 29.9 Å². The zero-order valence-electron chi connectivity index (χ0n) is 49.4. The van der Waals surface area contributed by atoms with Crippen LogP contribution in [0.2, 0.25) is 0 Å². The Morgan fingerprint density at radius 3 is 0.859 bits per heavy atom. The van der Waals surface area contributed by atoms with Crippen molar-refractivity contribution in [2.45, 2.75) is 0 Å². The van der Waals surface area contributed by atoms with Crippen molar-refractivity contribution in [1.82, 2.24) is 39.9 Å². The third-order valence-electron chi connectivity index (χ3n) is 15.8. The largest absolute Gasteiger partial charge is 0.569 e. The number of rotatable bonds is 11. The Kier molecular flexibility index (Phi) is 17.0. The Bertz CT molecular complexity index is 5020. The lowest BCUT2D eigenvalue weighted by molar-refractivity contribution is 0.452. The summed E-state index contributed by atoms with van der Waals surface area (Å²) in [6.45, 7) is 0. The smallest absolute Gasteiger partial charge is 0.536 e. The molecule has 12 heteroatoms. The molecule has 1 N–H and O–H groups in total. The highest BCUT2D eigenvalue weighted by Crippen LogP contribution is 2.45. The maximum Gasteiger partial charge on any atom is 0.569 e. The lowest BCUT2D eigenvalue weighted by atomic mass is 9.86. The molecule has 0 amide bonds. The summed E-state index contributed by atoms with van der Waals surface area (Å²) in [5.74, 6) is 4.43. The van der Waals surface area contributed by atoms with Gasteiger partial charge < -0.3 is 9.68 Å². The minimum atomic E-state index is 0.528. The van der Waals surface area contributed by atoms with Gasteiger partial charge in [0.25, 0.3) is 0 Å². The van der Waals surface area contributed by atoms with Gasteiger partial charge in [-0.15, -0.1) is 0 Å². The second-order valence-corrected chi connectivity index (χ2v) is 22.3. The van der Waals surface area contributed by atoms with Crippen molar-refractivity contribution in [3.8, 4) is 107 Å². The highest BCUT2D eigenvalue weighted by Gasteiger charge is 2.20. The molecule has 0 bridgehead atoms. The summed E-state index contributed by atoms with van der Waals surface area (Å²) >= 11 is 3.87. The topological polar surface area (TPSA) is 133 Å². The highest BCUT2D eigenvalue weighted by molar-refractivity contribution is 9.10. The Hall–Kier alpha value is -11.7. The monoisotopic (exact) mass is 1250 g/mol. The SMILES string of the molecule is Brc1c2ccccc2c(-c2cccc(-c3nc(-c4ccccc4)nc(-c4ccccc4)n3)c2)c2ccccc12.O[B]Oc1cccnc1.c1ccc(-c2nc(-c3ccccc3)nc(-c3cccc(-c4c5ccccc5c(-c5cccnc5)c5ccccc45)c3)n2)cc1. The standard InChI is InChI=1S/C40H26N4.C35H22BrN3.C5H5BNO2/c1-3-13-27(14-4-1)38-42-39(28-15-5-2-6-16-28)44-40(43-38)30-18-11-17-29(25-30)36-32-20-7-9-22-34(32)37(31-19-12-24-41-26-31)35-23-10-8-21-33(35)36;36-32-29-20-9-7-18-27(29)31(28-19-8-10-21-30(28)32)25-16-11-17-26(22-25)35-38-33(23-12-3-1-4-13-23)37-34(39-35)24-14-5-2-6-15-24;8-6-9-5-2-1-3-7-4-5/h1-26H;1-22H;1-4,8H. The van der Waals surface area contributed by atoms with Gasteiger partial charge in [-0.05, 0) is 117 Å². The predicted molar refractivity (Wildman–Crippen MR) is 377 cm³/mol. The molecule has 0 aliphatic carbocycles. The van der Waals surface area contributed by atoms with Crippen LogP contribution in [0.4, 0.5) is 0 Å². The van der Waals surface area contributed by atoms with E-state index in [1.54, 1.807) is 18.3 Å². The van der Waals surface area contributed by atoms with Gasteiger partial charge in [0, 0.05) is 62.0 Å². The number of nitrogens with zero attached hydrogens (tertiary/aromatic N) is 8. The molecule has 0 spiro atoms. The summed E-state index contributed by atoms with van der Waals surface area (Å²) in [5, 5.41) is 17.7. The normalized spacial score (nSPS) is 10.9. The van der Waals surface area contributed by atoms with E-state index in [2.05, 4.69) is 182 Å². The van der Waals surface area contributed by atoms with E-state index in [0.29, 0.717) is 48.4 Å². The van der Waals surface area contributed by atoms with Crippen molar-refractivity contribution < 1.29 is 9.68 Å². The number of aromatic nitrogens is 8. The molecule has 0 atom stereocenters. The Morgan fingerprint density at radius 1 is 0.261 bits per heavy atom. The minimum absolute atomic E-state index is 0.528. The summed E-state index contributed by atoms with van der Waals surface area (Å²) in [5.41, 5.74) is 12.6. The fourth-order valence-electron chi connectivity index (χ4n) is 11.6. The summed E-state index contributed by atoms with van der Waals surface area (Å²) in [6, 6.07) is 99.3. The van der Waals surface area contributed by atoms with Gasteiger partial charge in [-0.2, -0.15) is 0 Å². The van der Waals surface area contributed by atoms with Crippen LogP contribution in [0.5, 0.6) is 5.75 Å². The van der Waals surface area contributed by atoms with Crippen molar-refractivity contribution in [3.63, 3.8) is 0 Å². The third-order valence-corrected chi connectivity index (χ3v) is 16.6. The van der Waals surface area contributed by atoms with Crippen molar-refractivity contribution in [2.75, 3.05) is 0 Å². The number of hydrogen-bond acceptors (Lipinski definition) is 10. The molecule has 0 fully saturated rings. The van der Waals surface area contributed by atoms with Gasteiger partial charge in [-0.1, -0.05) is 261 Å². The molecule has 0 aliphatic heterocycles. The lowest BCUT2D eigenvalue weighted by Crippen LogP contribution is -2.00. The quantitative estimate of drug-likeness (QED) is 0.0986. The third kappa shape index (κ3) is 12.3. The van der Waals surface area contributed by atoms with Crippen LogP contribution in [-0.4, -0.2) is 52.6 Å². The van der Waals surface area contributed by atoms with Crippen molar-refractivity contribution in [3.05, 3.63) is 320 Å². The van der Waals surface area contributed by atoms with Gasteiger partial charge in [0.15, 0.2) is 34.9 Å². The van der Waals surface area contributed by atoms with E-state index in [4.69, 9.17) is 34.9 Å². The van der Waals surface area contributed by atoms with Gasteiger partial charge in [0.05, 0.1) is 6.20 Å². The molecule has 4 aromatic heterocycles. The second kappa shape index (κ2) is 27.0. The van der Waals surface area contributed by atoms with Gasteiger partial charge in [0.1, 0.15) is 5.75 Å². The maximum atomic E-state index is 8.14. The van der Waals surface area contributed by atoms with E-state index in [9.17, 15) is 0 Å². The second-order valence-electron chi connectivity index (χ2n) is 21.5. The average Bonchev–Trinajstić information content (AvgIpc) is 0.763. The molecule has 12 aromatic carbocycles. The van der Waals surface area contributed by atoms with Gasteiger partial charge in [-0.3, -0.25) is 9.97 Å².